The van der Waals surface area contributed by atoms with Gasteiger partial charge in [0.15, 0.2) is 0 Å². The van der Waals surface area contributed by atoms with E-state index in [0.717, 1.165) is 43.5 Å². The largest absolute Gasteiger partial charge is 0.371 e. The van der Waals surface area contributed by atoms with Crippen LogP contribution >= 0.6 is 22.9 Å². The molecule has 3 heterocycles. The fourth-order valence-corrected chi connectivity index (χ4v) is 4.47. The topological polar surface area (TPSA) is 44.6 Å². The third kappa shape index (κ3) is 2.61. The molecule has 1 fully saturated rings. The number of nitrogens with zero attached hydrogens (tertiary/aromatic N) is 5. The van der Waals surface area contributed by atoms with Crippen molar-refractivity contribution in [2.75, 3.05) is 50.1 Å². The Morgan fingerprint density at radius 3 is 2.80 bits per heavy atom. The first-order chi connectivity index (χ1) is 11.9. The number of halogens is 2. The molecule has 8 heteroatoms. The molecule has 1 unspecified atom stereocenters. The number of piperazine rings is 1. The Morgan fingerprint density at radius 1 is 1.28 bits per heavy atom. The zero-order valence-corrected chi connectivity index (χ0v) is 16.7. The summed E-state index contributed by atoms with van der Waals surface area (Å²) in [7, 11) is 4.04. The van der Waals surface area contributed by atoms with Crippen LogP contribution in [0, 0.1) is 12.7 Å². The van der Waals surface area contributed by atoms with Crippen LogP contribution in [0.5, 0.6) is 0 Å². The third-order valence-electron chi connectivity index (χ3n) is 5.34. The van der Waals surface area contributed by atoms with E-state index in [0.29, 0.717) is 17.1 Å². The van der Waals surface area contributed by atoms with Gasteiger partial charge in [0.05, 0.1) is 39.5 Å². The minimum atomic E-state index is -0.305. The van der Waals surface area contributed by atoms with Gasteiger partial charge in [0.25, 0.3) is 0 Å². The molecule has 2 aliphatic heterocycles. The molecule has 0 bridgehead atoms. The highest BCUT2D eigenvalue weighted by Crippen LogP contribution is 2.39. The highest BCUT2D eigenvalue weighted by atomic mass is 127. The molecule has 134 valence electrons. The number of rotatable bonds is 0. The Hall–Kier alpha value is -1.42. The van der Waals surface area contributed by atoms with E-state index in [4.69, 9.17) is 0 Å². The molecular weight excluding hydrogens is 436 g/mol. The lowest BCUT2D eigenvalue weighted by molar-refractivity contribution is 0.260. The van der Waals surface area contributed by atoms with Gasteiger partial charge in [-0.05, 0) is 32.0 Å². The molecule has 1 aromatic heterocycles. The maximum atomic E-state index is 15.0. The molecule has 0 amide bonds. The van der Waals surface area contributed by atoms with Crippen molar-refractivity contribution in [2.24, 2.45) is 0 Å². The Bertz CT molecular complexity index is 914. The zero-order valence-electron chi connectivity index (χ0n) is 14.6. The van der Waals surface area contributed by atoms with Crippen LogP contribution in [0.2, 0.25) is 0 Å². The first-order valence-corrected chi connectivity index (χ1v) is 9.43. The van der Waals surface area contributed by atoms with Crippen molar-refractivity contribution in [3.8, 4) is 0 Å². The summed E-state index contributed by atoms with van der Waals surface area (Å²) in [5, 5.41) is 0.744. The van der Waals surface area contributed by atoms with Gasteiger partial charge in [-0.1, -0.05) is 0 Å². The fraction of sp³-hybridized carbons (Fsp3) is 0.529. The molecule has 1 saturated heterocycles. The van der Waals surface area contributed by atoms with E-state index in [-0.39, 0.29) is 17.5 Å². The van der Waals surface area contributed by atoms with E-state index in [1.54, 1.807) is 13.0 Å². The van der Waals surface area contributed by atoms with E-state index in [2.05, 4.69) is 21.8 Å². The van der Waals surface area contributed by atoms with Gasteiger partial charge in [0.1, 0.15) is 11.6 Å². The predicted octanol–water partition coefficient (Wildman–Crippen LogP) is 2.00. The molecule has 2 aliphatic rings. The maximum Gasteiger partial charge on any atom is 0.359 e. The third-order valence-corrected chi connectivity index (χ3v) is 6.27. The number of hydrogen-bond donors (Lipinski definition) is 0. The van der Waals surface area contributed by atoms with Crippen molar-refractivity contribution < 1.29 is 4.39 Å². The molecule has 0 N–H and O–H groups in total. The second-order valence-corrected chi connectivity index (χ2v) is 8.03. The van der Waals surface area contributed by atoms with Crippen LogP contribution in [0.3, 0.4) is 0 Å². The fourth-order valence-electron chi connectivity index (χ4n) is 3.98. The molecule has 0 aliphatic carbocycles. The minimum Gasteiger partial charge on any atom is -0.371 e. The van der Waals surface area contributed by atoms with Crippen molar-refractivity contribution in [3.05, 3.63) is 27.9 Å². The smallest absolute Gasteiger partial charge is 0.359 e. The summed E-state index contributed by atoms with van der Waals surface area (Å²) >= 11 is 1.96. The molecule has 4 rings (SSSR count). The van der Waals surface area contributed by atoms with Gasteiger partial charge >= 0.3 is 5.69 Å². The summed E-state index contributed by atoms with van der Waals surface area (Å²) in [6.45, 7) is 5.15. The first-order valence-electron chi connectivity index (χ1n) is 8.47. The van der Waals surface area contributed by atoms with Gasteiger partial charge in [-0.25, -0.2) is 12.0 Å². The molecule has 6 nitrogen and oxygen atoms in total. The Balaban J connectivity index is 2.09. The Morgan fingerprint density at radius 2 is 2.04 bits per heavy atom. The van der Waals surface area contributed by atoms with Crippen LogP contribution in [0.4, 0.5) is 15.9 Å². The standard InChI is InChI=1S/C17H21FIN5O/c1-10-8-12-13-15(14(10)18)22(3)5-4-11-9-21(2)6-7-23(11)16(13)20-17(25)24(12)19/h8,11H,4-7,9H2,1-3H3. The molecule has 0 spiro atoms. The minimum absolute atomic E-state index is 0.222. The number of likely N-dealkylation sites (N-methyl/N-ethyl adjacent to an activating group) is 1. The van der Waals surface area contributed by atoms with Crippen molar-refractivity contribution in [2.45, 2.75) is 19.4 Å². The predicted molar refractivity (Wildman–Crippen MR) is 107 cm³/mol. The van der Waals surface area contributed by atoms with E-state index < -0.39 is 0 Å². The van der Waals surface area contributed by atoms with Gasteiger partial charge in [0.2, 0.25) is 0 Å². The van der Waals surface area contributed by atoms with E-state index in [1.807, 2.05) is 34.8 Å². The monoisotopic (exact) mass is 457 g/mol. The van der Waals surface area contributed by atoms with Gasteiger partial charge in [0, 0.05) is 39.3 Å². The van der Waals surface area contributed by atoms with E-state index in [1.165, 1.54) is 2.78 Å². The number of anilines is 2. The van der Waals surface area contributed by atoms with Crippen molar-refractivity contribution in [1.82, 2.24) is 12.7 Å². The van der Waals surface area contributed by atoms with E-state index >= 15 is 4.39 Å². The summed E-state index contributed by atoms with van der Waals surface area (Å²) in [5.74, 6) is 0.409. The lowest BCUT2D eigenvalue weighted by Gasteiger charge is -2.43. The summed E-state index contributed by atoms with van der Waals surface area (Å²) in [6.07, 6.45) is 0.907. The molecule has 2 aromatic rings. The number of hydrogen-bond acceptors (Lipinski definition) is 5. The summed E-state index contributed by atoms with van der Waals surface area (Å²) in [6, 6.07) is 2.03. The second-order valence-electron chi connectivity index (χ2n) is 7.07. The van der Waals surface area contributed by atoms with Crippen LogP contribution in [-0.4, -0.2) is 59.0 Å². The number of aromatic nitrogens is 2. The van der Waals surface area contributed by atoms with Crippen LogP contribution in [0.25, 0.3) is 10.9 Å². The number of aryl methyl sites for hydroxylation is 1. The molecule has 1 atom stereocenters. The molecular formula is C17H21FIN5O. The van der Waals surface area contributed by atoms with Crippen LogP contribution in [0.15, 0.2) is 10.9 Å². The average Bonchev–Trinajstić information content (AvgIpc) is 2.57. The van der Waals surface area contributed by atoms with Gasteiger partial charge in [-0.2, -0.15) is 4.98 Å². The molecule has 0 saturated carbocycles. The summed E-state index contributed by atoms with van der Waals surface area (Å²) in [4.78, 5) is 23.3. The molecule has 25 heavy (non-hydrogen) atoms. The number of benzene rings is 1. The first kappa shape index (κ1) is 17.0. The Kier molecular flexibility index (Phi) is 4.14. The Labute approximate surface area is 159 Å². The van der Waals surface area contributed by atoms with Gasteiger partial charge < -0.3 is 14.7 Å². The SMILES string of the molecule is Cc1cc2c3c(nc(=O)n2I)N2CCN(C)CC2CCN(C)c3c1F. The lowest BCUT2D eigenvalue weighted by Crippen LogP contribution is -2.54. The molecule has 0 radical (unpaired) electrons. The highest BCUT2D eigenvalue weighted by Gasteiger charge is 2.33. The van der Waals surface area contributed by atoms with Crippen LogP contribution in [0.1, 0.15) is 12.0 Å². The van der Waals surface area contributed by atoms with Crippen molar-refractivity contribution in [1.29, 1.82) is 0 Å². The quantitative estimate of drug-likeness (QED) is 0.567. The second kappa shape index (κ2) is 6.08. The zero-order chi connectivity index (χ0) is 17.9. The van der Waals surface area contributed by atoms with Crippen molar-refractivity contribution in [3.63, 3.8) is 0 Å². The number of fused-ring (bicyclic) bond motifs is 2. The van der Waals surface area contributed by atoms with Gasteiger partial charge in [-0.15, -0.1) is 0 Å². The van der Waals surface area contributed by atoms with Crippen LogP contribution in [-0.2, 0) is 0 Å². The van der Waals surface area contributed by atoms with Crippen LogP contribution < -0.4 is 15.5 Å². The lowest BCUT2D eigenvalue weighted by atomic mass is 10.0. The average molecular weight is 457 g/mol. The normalized spacial score (nSPS) is 21.2. The van der Waals surface area contributed by atoms with E-state index in [9.17, 15) is 4.79 Å². The van der Waals surface area contributed by atoms with Crippen molar-refractivity contribution >= 4 is 45.3 Å². The summed E-state index contributed by atoms with van der Waals surface area (Å²) < 4.78 is 16.5. The highest BCUT2D eigenvalue weighted by molar-refractivity contribution is 14.1. The maximum absolute atomic E-state index is 15.0. The van der Waals surface area contributed by atoms with Gasteiger partial charge in [-0.3, -0.25) is 0 Å². The summed E-state index contributed by atoms with van der Waals surface area (Å²) in [5.41, 5.74) is 1.53. The molecule has 1 aromatic carbocycles.